The van der Waals surface area contributed by atoms with Gasteiger partial charge in [0, 0.05) is 12.8 Å². The second kappa shape index (κ2) is 14.8. The van der Waals surface area contributed by atoms with E-state index in [9.17, 15) is 15.3 Å². The fourth-order valence-electron chi connectivity index (χ4n) is 3.60. The number of hydrogen-bond acceptors (Lipinski definition) is 5. The molecule has 2 unspecified atom stereocenters. The highest BCUT2D eigenvalue weighted by atomic mass is 16.5. The van der Waals surface area contributed by atoms with Gasteiger partial charge in [-0.2, -0.15) is 0 Å². The fraction of sp³-hybridized carbons (Fsp3) is 1.00. The van der Waals surface area contributed by atoms with Crippen molar-refractivity contribution < 1.29 is 20.1 Å². The highest BCUT2D eigenvalue weighted by Crippen LogP contribution is 2.22. The second-order valence-electron chi connectivity index (χ2n) is 8.39. The van der Waals surface area contributed by atoms with Gasteiger partial charge in [0.1, 0.15) is 6.10 Å². The molecular formula is C21H43NO4. The van der Waals surface area contributed by atoms with Crippen molar-refractivity contribution in [2.75, 3.05) is 13.3 Å². The van der Waals surface area contributed by atoms with Gasteiger partial charge in [-0.1, -0.05) is 71.6 Å². The van der Waals surface area contributed by atoms with Crippen molar-refractivity contribution in [1.82, 2.24) is 5.32 Å². The summed E-state index contributed by atoms with van der Waals surface area (Å²) in [7, 11) is 0. The Morgan fingerprint density at radius 2 is 1.31 bits per heavy atom. The first-order valence-electron chi connectivity index (χ1n) is 10.9. The average molecular weight is 374 g/mol. The summed E-state index contributed by atoms with van der Waals surface area (Å²) in [5, 5.41) is 32.0. The van der Waals surface area contributed by atoms with Crippen molar-refractivity contribution in [3.05, 3.63) is 0 Å². The van der Waals surface area contributed by atoms with E-state index in [1.165, 1.54) is 57.8 Å². The van der Waals surface area contributed by atoms with Gasteiger partial charge in [0.15, 0.2) is 0 Å². The van der Waals surface area contributed by atoms with E-state index in [1.54, 1.807) is 0 Å². The Bertz CT molecular complexity index is 315. The predicted molar refractivity (Wildman–Crippen MR) is 106 cm³/mol. The molecule has 1 rings (SSSR count). The van der Waals surface area contributed by atoms with Crippen LogP contribution in [0.5, 0.6) is 0 Å². The maximum Gasteiger partial charge on any atom is 0.106 e. The Kier molecular flexibility index (Phi) is 13.6. The predicted octanol–water partition coefficient (Wildman–Crippen LogP) is 3.35. The maximum absolute atomic E-state index is 9.63. The molecule has 26 heavy (non-hydrogen) atoms. The first-order valence-corrected chi connectivity index (χ1v) is 10.9. The Morgan fingerprint density at radius 1 is 0.808 bits per heavy atom. The van der Waals surface area contributed by atoms with E-state index in [0.29, 0.717) is 19.6 Å². The Morgan fingerprint density at radius 3 is 1.85 bits per heavy atom. The summed E-state index contributed by atoms with van der Waals surface area (Å²) in [6.07, 6.45) is 11.2. The van der Waals surface area contributed by atoms with Gasteiger partial charge in [-0.25, -0.2) is 0 Å². The molecule has 1 fully saturated rings. The van der Waals surface area contributed by atoms with Crippen LogP contribution in [-0.4, -0.2) is 53.0 Å². The molecule has 0 aromatic heterocycles. The SMILES string of the molecule is CC(C)CCCCCCCCCCCNCOC1CC(O)C(O)C(O)C1. The molecule has 0 amide bonds. The summed E-state index contributed by atoms with van der Waals surface area (Å²) < 4.78 is 5.64. The number of ether oxygens (including phenoxy) is 1. The zero-order valence-electron chi connectivity index (χ0n) is 17.0. The van der Waals surface area contributed by atoms with Gasteiger partial charge >= 0.3 is 0 Å². The summed E-state index contributed by atoms with van der Waals surface area (Å²) in [5.41, 5.74) is 0. The van der Waals surface area contributed by atoms with E-state index in [0.717, 1.165) is 18.9 Å². The molecule has 0 bridgehead atoms. The number of nitrogens with one attached hydrogen (secondary N) is 1. The minimum absolute atomic E-state index is 0.184. The molecule has 1 aliphatic rings. The van der Waals surface area contributed by atoms with Gasteiger partial charge < -0.3 is 20.1 Å². The molecule has 2 atom stereocenters. The first-order chi connectivity index (χ1) is 12.5. The molecule has 0 spiro atoms. The van der Waals surface area contributed by atoms with Gasteiger partial charge in [0.2, 0.25) is 0 Å². The molecule has 0 aliphatic heterocycles. The molecule has 4 N–H and O–H groups in total. The highest BCUT2D eigenvalue weighted by molar-refractivity contribution is 4.86. The normalized spacial score (nSPS) is 26.5. The first kappa shape index (κ1) is 23.8. The molecule has 0 radical (unpaired) electrons. The Hall–Kier alpha value is -0.200. The third kappa shape index (κ3) is 11.5. The zero-order chi connectivity index (χ0) is 19.2. The van der Waals surface area contributed by atoms with Crippen LogP contribution < -0.4 is 5.32 Å². The Labute approximate surface area is 160 Å². The minimum atomic E-state index is -1.04. The highest BCUT2D eigenvalue weighted by Gasteiger charge is 2.34. The second-order valence-corrected chi connectivity index (χ2v) is 8.39. The van der Waals surface area contributed by atoms with Gasteiger partial charge in [-0.15, -0.1) is 0 Å². The van der Waals surface area contributed by atoms with Crippen molar-refractivity contribution in [2.24, 2.45) is 5.92 Å². The van der Waals surface area contributed by atoms with Gasteiger partial charge in [0.25, 0.3) is 0 Å². The van der Waals surface area contributed by atoms with E-state index in [2.05, 4.69) is 19.2 Å². The lowest BCUT2D eigenvalue weighted by Gasteiger charge is -2.33. The topological polar surface area (TPSA) is 82.0 Å². The third-order valence-electron chi connectivity index (χ3n) is 5.35. The fourth-order valence-corrected chi connectivity index (χ4v) is 3.60. The van der Waals surface area contributed by atoms with Crippen LogP contribution in [0.4, 0.5) is 0 Å². The number of unbranched alkanes of at least 4 members (excludes halogenated alkanes) is 8. The molecule has 0 saturated heterocycles. The summed E-state index contributed by atoms with van der Waals surface area (Å²) >= 11 is 0. The summed E-state index contributed by atoms with van der Waals surface area (Å²) in [5.74, 6) is 0.850. The summed E-state index contributed by atoms with van der Waals surface area (Å²) in [6, 6.07) is 0. The molecule has 5 nitrogen and oxygen atoms in total. The molecule has 5 heteroatoms. The van der Waals surface area contributed by atoms with E-state index in [1.807, 2.05) is 0 Å². The lowest BCUT2D eigenvalue weighted by atomic mass is 9.90. The van der Waals surface area contributed by atoms with Gasteiger partial charge in [-0.3, -0.25) is 5.32 Å². The van der Waals surface area contributed by atoms with E-state index in [-0.39, 0.29) is 6.10 Å². The summed E-state index contributed by atoms with van der Waals surface area (Å²) in [4.78, 5) is 0. The number of aliphatic hydroxyl groups is 3. The van der Waals surface area contributed by atoms with Crippen molar-refractivity contribution in [3.63, 3.8) is 0 Å². The van der Waals surface area contributed by atoms with Crippen LogP contribution in [0.15, 0.2) is 0 Å². The van der Waals surface area contributed by atoms with E-state index < -0.39 is 18.3 Å². The average Bonchev–Trinajstić information content (AvgIpc) is 2.59. The molecule has 156 valence electrons. The lowest BCUT2D eigenvalue weighted by Crippen LogP contribution is -2.47. The van der Waals surface area contributed by atoms with Crippen molar-refractivity contribution >= 4 is 0 Å². The number of rotatable bonds is 15. The monoisotopic (exact) mass is 373 g/mol. The van der Waals surface area contributed by atoms with Crippen LogP contribution in [0.3, 0.4) is 0 Å². The van der Waals surface area contributed by atoms with Crippen LogP contribution in [0.2, 0.25) is 0 Å². The molecule has 0 heterocycles. The van der Waals surface area contributed by atoms with Crippen LogP contribution in [0.1, 0.15) is 90.9 Å². The lowest BCUT2D eigenvalue weighted by molar-refractivity contribution is -0.132. The van der Waals surface area contributed by atoms with E-state index >= 15 is 0 Å². The quantitative estimate of drug-likeness (QED) is 0.261. The molecule has 1 saturated carbocycles. The smallest absolute Gasteiger partial charge is 0.106 e. The number of hydrogen-bond donors (Lipinski definition) is 4. The Balaban J connectivity index is 1.80. The van der Waals surface area contributed by atoms with Crippen LogP contribution >= 0.6 is 0 Å². The molecule has 0 aromatic rings. The van der Waals surface area contributed by atoms with Crippen LogP contribution in [0, 0.1) is 5.92 Å². The van der Waals surface area contributed by atoms with Crippen molar-refractivity contribution in [3.8, 4) is 0 Å². The maximum atomic E-state index is 9.63. The van der Waals surface area contributed by atoms with Gasteiger partial charge in [-0.05, 0) is 18.9 Å². The largest absolute Gasteiger partial charge is 0.390 e. The van der Waals surface area contributed by atoms with Crippen molar-refractivity contribution in [2.45, 2.75) is 115 Å². The van der Waals surface area contributed by atoms with Crippen LogP contribution in [-0.2, 0) is 4.74 Å². The number of aliphatic hydroxyl groups excluding tert-OH is 3. The standard InChI is InChI=1S/C21H43NO4/c1-17(2)12-10-8-6-4-3-5-7-9-11-13-22-16-26-18-14-19(23)21(25)20(24)15-18/h17-25H,3-16H2,1-2H3. The zero-order valence-corrected chi connectivity index (χ0v) is 17.0. The summed E-state index contributed by atoms with van der Waals surface area (Å²) in [6.45, 7) is 5.99. The minimum Gasteiger partial charge on any atom is -0.390 e. The molecular weight excluding hydrogens is 330 g/mol. The van der Waals surface area contributed by atoms with Crippen molar-refractivity contribution in [1.29, 1.82) is 0 Å². The molecule has 0 aromatic carbocycles. The van der Waals surface area contributed by atoms with E-state index in [4.69, 9.17) is 4.74 Å². The van der Waals surface area contributed by atoms with Crippen LogP contribution in [0.25, 0.3) is 0 Å². The van der Waals surface area contributed by atoms with Gasteiger partial charge in [0.05, 0.1) is 25.0 Å². The molecule has 1 aliphatic carbocycles. The third-order valence-corrected chi connectivity index (χ3v) is 5.35.